The van der Waals surface area contributed by atoms with Crippen molar-refractivity contribution in [3.63, 3.8) is 0 Å². The summed E-state index contributed by atoms with van der Waals surface area (Å²) in [5.41, 5.74) is -0.106. The van der Waals surface area contributed by atoms with Crippen LogP contribution in [0.1, 0.15) is 40.5 Å². The first-order chi connectivity index (χ1) is 10.6. The molecule has 0 saturated heterocycles. The first-order valence-corrected chi connectivity index (χ1v) is 7.74. The molecule has 2 amide bonds. The Hall–Kier alpha value is -1.95. The number of carboxylic acids is 1. The second kappa shape index (κ2) is 8.06. The lowest BCUT2D eigenvalue weighted by atomic mass is 9.99. The lowest BCUT2D eigenvalue weighted by Crippen LogP contribution is -2.45. The van der Waals surface area contributed by atoms with Crippen LogP contribution in [0.25, 0.3) is 0 Å². The molecule has 0 saturated carbocycles. The fraction of sp³-hybridized carbons (Fsp3) is 0.500. The van der Waals surface area contributed by atoms with E-state index in [9.17, 15) is 9.59 Å². The van der Waals surface area contributed by atoms with Gasteiger partial charge in [0.15, 0.2) is 0 Å². The first kappa shape index (κ1) is 19.1. The van der Waals surface area contributed by atoms with Crippen LogP contribution in [0.15, 0.2) is 18.2 Å². The molecule has 0 spiro atoms. The van der Waals surface area contributed by atoms with Gasteiger partial charge >= 0.3 is 12.0 Å². The van der Waals surface area contributed by atoms with Gasteiger partial charge in [0.05, 0.1) is 11.1 Å². The van der Waals surface area contributed by atoms with Crippen LogP contribution < -0.4 is 15.4 Å². The maximum atomic E-state index is 12.0. The molecule has 0 aliphatic rings. The summed E-state index contributed by atoms with van der Waals surface area (Å²) in [5, 5.41) is 14.5. The summed E-state index contributed by atoms with van der Waals surface area (Å²) in [4.78, 5) is 22.6. The molecule has 1 aromatic rings. The van der Waals surface area contributed by atoms with Crippen molar-refractivity contribution in [3.8, 4) is 5.75 Å². The molecule has 128 valence electrons. The Morgan fingerprint density at radius 1 is 1.35 bits per heavy atom. The number of hydrogen-bond donors (Lipinski definition) is 3. The van der Waals surface area contributed by atoms with E-state index in [4.69, 9.17) is 21.4 Å². The maximum absolute atomic E-state index is 12.0. The highest BCUT2D eigenvalue weighted by molar-refractivity contribution is 6.32. The van der Waals surface area contributed by atoms with Crippen LogP contribution >= 0.6 is 11.6 Å². The molecule has 0 fully saturated rings. The monoisotopic (exact) mass is 342 g/mol. The van der Waals surface area contributed by atoms with Gasteiger partial charge in [0.1, 0.15) is 5.75 Å². The number of hydrogen-bond acceptors (Lipinski definition) is 3. The number of anilines is 1. The van der Waals surface area contributed by atoms with E-state index in [1.54, 1.807) is 32.0 Å². The number of ether oxygens (including phenoxy) is 1. The second-order valence-corrected chi connectivity index (χ2v) is 6.58. The fourth-order valence-electron chi connectivity index (χ4n) is 1.88. The molecule has 0 atom stereocenters. The van der Waals surface area contributed by atoms with Crippen LogP contribution in [0.4, 0.5) is 10.5 Å². The third-order valence-electron chi connectivity index (χ3n) is 2.97. The molecule has 7 heteroatoms. The predicted molar refractivity (Wildman–Crippen MR) is 90.3 cm³/mol. The Bertz CT molecular complexity index is 573. The number of carbonyl (C=O) groups is 2. The van der Waals surface area contributed by atoms with E-state index in [0.29, 0.717) is 22.9 Å². The van der Waals surface area contributed by atoms with Crippen LogP contribution in [0, 0.1) is 0 Å². The van der Waals surface area contributed by atoms with Gasteiger partial charge in [-0.15, -0.1) is 0 Å². The summed E-state index contributed by atoms with van der Waals surface area (Å²) in [6, 6.07) is 4.55. The summed E-state index contributed by atoms with van der Waals surface area (Å²) in [6.07, 6.45) is 0.322. The summed E-state index contributed by atoms with van der Waals surface area (Å²) in [6.45, 7) is 7.33. The van der Waals surface area contributed by atoms with E-state index < -0.39 is 17.5 Å². The third kappa shape index (κ3) is 7.23. The minimum atomic E-state index is -0.896. The molecule has 23 heavy (non-hydrogen) atoms. The molecule has 0 aliphatic heterocycles. The molecule has 6 nitrogen and oxygen atoms in total. The van der Waals surface area contributed by atoms with Gasteiger partial charge in [0.2, 0.25) is 0 Å². The van der Waals surface area contributed by atoms with E-state index in [0.717, 1.165) is 0 Å². The zero-order valence-corrected chi connectivity index (χ0v) is 14.5. The second-order valence-electron chi connectivity index (χ2n) is 6.17. The molecule has 0 aliphatic carbocycles. The van der Waals surface area contributed by atoms with E-state index in [2.05, 4.69) is 10.6 Å². The summed E-state index contributed by atoms with van der Waals surface area (Å²) in [7, 11) is 0. The third-order valence-corrected chi connectivity index (χ3v) is 3.26. The van der Waals surface area contributed by atoms with Gasteiger partial charge in [-0.1, -0.05) is 11.6 Å². The Balaban J connectivity index is 2.63. The smallest absolute Gasteiger partial charge is 0.319 e. The highest BCUT2D eigenvalue weighted by Gasteiger charge is 2.21. The maximum Gasteiger partial charge on any atom is 0.319 e. The number of halogens is 1. The normalized spacial score (nSPS) is 11.2. The van der Waals surface area contributed by atoms with Crippen molar-refractivity contribution in [2.45, 2.75) is 52.2 Å². The van der Waals surface area contributed by atoms with Crippen molar-refractivity contribution in [1.82, 2.24) is 5.32 Å². The fourth-order valence-corrected chi connectivity index (χ4v) is 2.10. The molecule has 0 unspecified atom stereocenters. The molecule has 0 bridgehead atoms. The van der Waals surface area contributed by atoms with Crippen molar-refractivity contribution in [2.75, 3.05) is 5.32 Å². The van der Waals surface area contributed by atoms with E-state index in [1.165, 1.54) is 0 Å². The molecule has 0 radical (unpaired) electrons. The molecule has 0 heterocycles. The van der Waals surface area contributed by atoms with Crippen molar-refractivity contribution in [2.24, 2.45) is 0 Å². The Morgan fingerprint density at radius 2 is 2.00 bits per heavy atom. The van der Waals surface area contributed by atoms with E-state index in [-0.39, 0.29) is 12.5 Å². The SMILES string of the molecule is CC(C)Oc1ccc(NC(=O)NC(C)(C)CCC(=O)O)cc1Cl. The Kier molecular flexibility index (Phi) is 6.69. The number of carbonyl (C=O) groups excluding carboxylic acids is 1. The molecular formula is C16H23ClN2O4. The topological polar surface area (TPSA) is 87.7 Å². The number of urea groups is 1. The lowest BCUT2D eigenvalue weighted by molar-refractivity contribution is -0.137. The van der Waals surface area contributed by atoms with E-state index in [1.807, 2.05) is 13.8 Å². The quantitative estimate of drug-likeness (QED) is 0.701. The number of aliphatic carboxylic acids is 1. The Morgan fingerprint density at radius 3 is 2.52 bits per heavy atom. The van der Waals surface area contributed by atoms with Crippen LogP contribution in [0.5, 0.6) is 5.75 Å². The van der Waals surface area contributed by atoms with Crippen molar-refractivity contribution in [1.29, 1.82) is 0 Å². The number of benzene rings is 1. The van der Waals surface area contributed by atoms with Crippen molar-refractivity contribution in [3.05, 3.63) is 23.2 Å². The van der Waals surface area contributed by atoms with Crippen molar-refractivity contribution < 1.29 is 19.4 Å². The number of nitrogens with one attached hydrogen (secondary N) is 2. The lowest BCUT2D eigenvalue weighted by Gasteiger charge is -2.25. The average molecular weight is 343 g/mol. The largest absolute Gasteiger partial charge is 0.489 e. The molecule has 0 aromatic heterocycles. The van der Waals surface area contributed by atoms with Gasteiger partial charge in [-0.2, -0.15) is 0 Å². The predicted octanol–water partition coefficient (Wildman–Crippen LogP) is 3.89. The minimum absolute atomic E-state index is 0.00430. The summed E-state index contributed by atoms with van der Waals surface area (Å²) < 4.78 is 5.52. The summed E-state index contributed by atoms with van der Waals surface area (Å²) in [5.74, 6) is -0.345. The van der Waals surface area contributed by atoms with Gasteiger partial charge in [-0.05, 0) is 52.3 Å². The molecule has 1 aromatic carbocycles. The molecule has 1 rings (SSSR count). The van der Waals surface area contributed by atoms with Crippen LogP contribution in [0.2, 0.25) is 5.02 Å². The summed E-state index contributed by atoms with van der Waals surface area (Å²) >= 11 is 6.11. The van der Waals surface area contributed by atoms with Crippen molar-refractivity contribution >= 4 is 29.3 Å². The Labute approximate surface area is 141 Å². The average Bonchev–Trinajstić information content (AvgIpc) is 2.38. The zero-order valence-electron chi connectivity index (χ0n) is 13.8. The molecular weight excluding hydrogens is 320 g/mol. The van der Waals surface area contributed by atoms with E-state index >= 15 is 0 Å². The standard InChI is InChI=1S/C16H23ClN2O4/c1-10(2)23-13-6-5-11(9-12(13)17)18-15(22)19-16(3,4)8-7-14(20)21/h5-6,9-10H,7-8H2,1-4H3,(H,20,21)(H2,18,19,22). The number of amides is 2. The van der Waals surface area contributed by atoms with Crippen LogP contribution in [0.3, 0.4) is 0 Å². The minimum Gasteiger partial charge on any atom is -0.489 e. The van der Waals surface area contributed by atoms with Gasteiger partial charge in [-0.25, -0.2) is 4.79 Å². The zero-order chi connectivity index (χ0) is 17.6. The molecule has 3 N–H and O–H groups in total. The van der Waals surface area contributed by atoms with Gasteiger partial charge in [-0.3, -0.25) is 4.79 Å². The highest BCUT2D eigenvalue weighted by atomic mass is 35.5. The number of carboxylic acid groups (broad SMARTS) is 1. The highest BCUT2D eigenvalue weighted by Crippen LogP contribution is 2.28. The van der Waals surface area contributed by atoms with Gasteiger partial charge in [0, 0.05) is 17.6 Å². The van der Waals surface area contributed by atoms with Crippen LogP contribution in [-0.2, 0) is 4.79 Å². The first-order valence-electron chi connectivity index (χ1n) is 7.36. The van der Waals surface area contributed by atoms with Crippen LogP contribution in [-0.4, -0.2) is 28.7 Å². The van der Waals surface area contributed by atoms with Gasteiger partial charge < -0.3 is 20.5 Å². The number of rotatable bonds is 7. The van der Waals surface area contributed by atoms with Gasteiger partial charge in [0.25, 0.3) is 0 Å².